The van der Waals surface area contributed by atoms with Gasteiger partial charge in [0.05, 0.1) is 0 Å². The summed E-state index contributed by atoms with van der Waals surface area (Å²) >= 11 is 1.38. The van der Waals surface area contributed by atoms with Crippen LogP contribution in [0.25, 0.3) is 0 Å². The summed E-state index contributed by atoms with van der Waals surface area (Å²) in [6.07, 6.45) is 1.58. The topological polar surface area (TPSA) is 75.3 Å². The first-order valence-corrected chi connectivity index (χ1v) is 9.42. The maximum absolute atomic E-state index is 10.6. The summed E-state index contributed by atoms with van der Waals surface area (Å²) in [7, 11) is 0. The number of benzene rings is 1. The maximum atomic E-state index is 10.6. The van der Waals surface area contributed by atoms with E-state index in [0.29, 0.717) is 11.5 Å². The number of hydrogen-bond donors (Lipinski definition) is 1. The first kappa shape index (κ1) is 17.7. The zero-order valence-electron chi connectivity index (χ0n) is 15.6. The van der Waals surface area contributed by atoms with Gasteiger partial charge in [0.15, 0.2) is 5.60 Å². The Kier molecular flexibility index (Phi) is 4.06. The second-order valence-corrected chi connectivity index (χ2v) is 8.33. The number of aromatic nitrogens is 3. The number of fused-ring (bicyclic) bond motifs is 1. The number of anilines is 2. The number of hydrogen-bond acceptors (Lipinski definition) is 7. The van der Waals surface area contributed by atoms with Gasteiger partial charge in [-0.25, -0.2) is 4.98 Å². The second kappa shape index (κ2) is 6.19. The highest BCUT2D eigenvalue weighted by molar-refractivity contribution is 7.09. The van der Waals surface area contributed by atoms with E-state index in [4.69, 9.17) is 4.52 Å². The molecular formula is C20H20N4O2S. The van der Waals surface area contributed by atoms with Crippen LogP contribution in [0.2, 0.25) is 0 Å². The molecule has 0 spiro atoms. The molecule has 0 aliphatic carbocycles. The molecule has 2 aromatic heterocycles. The molecule has 0 unspecified atom stereocenters. The minimum absolute atomic E-state index is 0.0106. The Morgan fingerprint density at radius 2 is 2.15 bits per heavy atom. The highest BCUT2D eigenvalue weighted by Crippen LogP contribution is 2.44. The fraction of sp³-hybridized carbons (Fsp3) is 0.350. The molecule has 1 aliphatic heterocycles. The minimum Gasteiger partial charge on any atom is -0.372 e. The van der Waals surface area contributed by atoms with Gasteiger partial charge >= 0.3 is 0 Å². The van der Waals surface area contributed by atoms with Crippen molar-refractivity contribution in [2.75, 3.05) is 11.4 Å². The summed E-state index contributed by atoms with van der Waals surface area (Å²) < 4.78 is 9.17. The van der Waals surface area contributed by atoms with E-state index in [-0.39, 0.29) is 5.41 Å². The molecule has 0 bridgehead atoms. The maximum Gasteiger partial charge on any atom is 0.209 e. The average molecular weight is 380 g/mol. The molecule has 1 aromatic carbocycles. The molecule has 6 nitrogen and oxygen atoms in total. The van der Waals surface area contributed by atoms with E-state index in [9.17, 15) is 5.11 Å². The molecular weight excluding hydrogens is 360 g/mol. The van der Waals surface area contributed by atoms with Gasteiger partial charge in [0.1, 0.15) is 17.8 Å². The van der Waals surface area contributed by atoms with Crippen LogP contribution in [0, 0.1) is 18.8 Å². The van der Waals surface area contributed by atoms with E-state index >= 15 is 0 Å². The summed E-state index contributed by atoms with van der Waals surface area (Å²) in [4.78, 5) is 6.54. The largest absolute Gasteiger partial charge is 0.372 e. The summed E-state index contributed by atoms with van der Waals surface area (Å²) in [6.45, 7) is 8.67. The number of nitrogens with zero attached hydrogens (tertiary/aromatic N) is 4. The lowest BCUT2D eigenvalue weighted by molar-refractivity contribution is 0.112. The first-order chi connectivity index (χ1) is 12.8. The molecule has 0 radical (unpaired) electrons. The molecule has 1 aliphatic rings. The Morgan fingerprint density at radius 1 is 1.33 bits per heavy atom. The first-order valence-electron chi connectivity index (χ1n) is 8.64. The molecule has 27 heavy (non-hydrogen) atoms. The van der Waals surface area contributed by atoms with Gasteiger partial charge in [0.25, 0.3) is 0 Å². The molecule has 1 atom stereocenters. The predicted octanol–water partition coefficient (Wildman–Crippen LogP) is 3.52. The molecule has 0 saturated heterocycles. The third-order valence-corrected chi connectivity index (χ3v) is 5.42. The Bertz CT molecular complexity index is 1040. The summed E-state index contributed by atoms with van der Waals surface area (Å²) in [5.41, 5.74) is 2.19. The van der Waals surface area contributed by atoms with Crippen molar-refractivity contribution >= 4 is 22.4 Å². The normalized spacial score (nSPS) is 17.1. The van der Waals surface area contributed by atoms with Crippen LogP contribution >= 0.6 is 11.5 Å². The molecule has 0 saturated carbocycles. The highest BCUT2D eigenvalue weighted by atomic mass is 32.1. The molecule has 4 rings (SSSR count). The van der Waals surface area contributed by atoms with Gasteiger partial charge in [-0.05, 0) is 31.5 Å². The monoisotopic (exact) mass is 380 g/mol. The zero-order chi connectivity index (χ0) is 19.2. The Labute approximate surface area is 162 Å². The van der Waals surface area contributed by atoms with Crippen LogP contribution < -0.4 is 4.90 Å². The predicted molar refractivity (Wildman–Crippen MR) is 104 cm³/mol. The lowest BCUT2D eigenvalue weighted by atomic mass is 9.86. The Hall–Kier alpha value is -2.69. The van der Waals surface area contributed by atoms with Crippen molar-refractivity contribution in [3.05, 3.63) is 53.2 Å². The van der Waals surface area contributed by atoms with Gasteiger partial charge in [-0.1, -0.05) is 36.9 Å². The van der Waals surface area contributed by atoms with Crippen molar-refractivity contribution in [1.82, 2.24) is 14.5 Å². The van der Waals surface area contributed by atoms with Gasteiger partial charge in [0, 0.05) is 40.8 Å². The average Bonchev–Trinajstić information content (AvgIpc) is 3.33. The Balaban J connectivity index is 1.70. The number of aryl methyl sites for hydroxylation is 1. The Morgan fingerprint density at radius 3 is 2.81 bits per heavy atom. The van der Waals surface area contributed by atoms with Crippen molar-refractivity contribution in [2.45, 2.75) is 38.7 Å². The molecule has 7 heteroatoms. The van der Waals surface area contributed by atoms with Crippen molar-refractivity contribution in [2.24, 2.45) is 0 Å². The van der Waals surface area contributed by atoms with E-state index in [0.717, 1.165) is 22.9 Å². The molecule has 3 heterocycles. The van der Waals surface area contributed by atoms with Gasteiger partial charge in [-0.2, -0.15) is 4.37 Å². The second-order valence-electron chi connectivity index (χ2n) is 7.57. The summed E-state index contributed by atoms with van der Waals surface area (Å²) in [6, 6.07) is 7.83. The third kappa shape index (κ3) is 3.22. The number of aliphatic hydroxyl groups is 1. The molecule has 1 N–H and O–H groups in total. The molecule has 138 valence electrons. The van der Waals surface area contributed by atoms with Crippen LogP contribution in [0.1, 0.15) is 43.4 Å². The van der Waals surface area contributed by atoms with Crippen LogP contribution in [0.4, 0.5) is 10.8 Å². The SMILES string of the molecule is Cc1cc([C@@](C)(O)C#Cc2ccc3c(c2)N(c2ncns2)CC3(C)C)no1. The molecule has 0 fully saturated rings. The number of rotatable bonds is 2. The van der Waals surface area contributed by atoms with E-state index in [1.54, 1.807) is 26.2 Å². The van der Waals surface area contributed by atoms with Crippen LogP contribution in [-0.4, -0.2) is 26.2 Å². The lowest BCUT2D eigenvalue weighted by Crippen LogP contribution is -2.24. The van der Waals surface area contributed by atoms with Crippen molar-refractivity contribution in [1.29, 1.82) is 0 Å². The lowest BCUT2D eigenvalue weighted by Gasteiger charge is -2.19. The van der Waals surface area contributed by atoms with Gasteiger partial charge in [-0.15, -0.1) is 0 Å². The van der Waals surface area contributed by atoms with E-state index in [2.05, 4.69) is 51.2 Å². The third-order valence-electron chi connectivity index (χ3n) is 4.73. The van der Waals surface area contributed by atoms with Crippen LogP contribution in [0.5, 0.6) is 0 Å². The van der Waals surface area contributed by atoms with Crippen LogP contribution in [0.3, 0.4) is 0 Å². The van der Waals surface area contributed by atoms with Crippen LogP contribution in [-0.2, 0) is 11.0 Å². The summed E-state index contributed by atoms with van der Waals surface area (Å²) in [5, 5.41) is 15.4. The zero-order valence-corrected chi connectivity index (χ0v) is 16.5. The van der Waals surface area contributed by atoms with Gasteiger partial charge in [0.2, 0.25) is 5.13 Å². The smallest absolute Gasteiger partial charge is 0.209 e. The quantitative estimate of drug-likeness (QED) is 0.686. The highest BCUT2D eigenvalue weighted by Gasteiger charge is 2.37. The van der Waals surface area contributed by atoms with Crippen molar-refractivity contribution in [3.63, 3.8) is 0 Å². The van der Waals surface area contributed by atoms with Gasteiger partial charge in [-0.3, -0.25) is 0 Å². The van der Waals surface area contributed by atoms with Crippen molar-refractivity contribution < 1.29 is 9.63 Å². The van der Waals surface area contributed by atoms with E-state index in [1.165, 1.54) is 17.1 Å². The fourth-order valence-corrected chi connectivity index (χ4v) is 3.83. The van der Waals surface area contributed by atoms with E-state index in [1.807, 2.05) is 12.1 Å². The van der Waals surface area contributed by atoms with E-state index < -0.39 is 5.60 Å². The fourth-order valence-electron chi connectivity index (χ4n) is 3.28. The van der Waals surface area contributed by atoms with Gasteiger partial charge < -0.3 is 14.5 Å². The summed E-state index contributed by atoms with van der Waals surface area (Å²) in [5.74, 6) is 6.62. The standard InChI is InChI=1S/C20H20N4O2S/c1-13-9-17(23-26-13)20(4,25)8-7-14-5-6-15-16(10-14)24(11-19(15,2)3)18-21-12-22-27-18/h5-6,9-10,12,25H,11H2,1-4H3/t20-/m0/s1. The van der Waals surface area contributed by atoms with Crippen LogP contribution in [0.15, 0.2) is 35.1 Å². The minimum atomic E-state index is -1.38. The molecule has 0 amide bonds. The molecule has 3 aromatic rings. The van der Waals surface area contributed by atoms with Crippen molar-refractivity contribution in [3.8, 4) is 11.8 Å².